The summed E-state index contributed by atoms with van der Waals surface area (Å²) in [5, 5.41) is 6.03. The molecule has 0 unspecified atom stereocenters. The summed E-state index contributed by atoms with van der Waals surface area (Å²) in [6.07, 6.45) is 8.16. The second-order valence-electron chi connectivity index (χ2n) is 8.63. The van der Waals surface area contributed by atoms with E-state index in [9.17, 15) is 9.59 Å². The molecule has 9 heteroatoms. The molecule has 1 fully saturated rings. The lowest BCUT2D eigenvalue weighted by molar-refractivity contribution is -0.123. The third-order valence-electron chi connectivity index (χ3n) is 6.51. The number of aliphatic imine (C=N–C) groups is 1. The summed E-state index contributed by atoms with van der Waals surface area (Å²) in [6, 6.07) is 7.44. The summed E-state index contributed by atoms with van der Waals surface area (Å²) in [4.78, 5) is 37.6. The summed E-state index contributed by atoms with van der Waals surface area (Å²) >= 11 is 0. The number of carbonyl (C=O) groups excluding carboxylic acids is 2. The van der Waals surface area contributed by atoms with Gasteiger partial charge in [-0.05, 0) is 36.0 Å². The normalized spacial score (nSPS) is 24.0. The molecule has 1 aromatic heterocycles. The Kier molecular flexibility index (Phi) is 5.53. The van der Waals surface area contributed by atoms with Gasteiger partial charge in [0.2, 0.25) is 5.91 Å². The van der Waals surface area contributed by atoms with E-state index in [1.54, 1.807) is 7.05 Å². The third kappa shape index (κ3) is 4.18. The van der Waals surface area contributed by atoms with E-state index in [2.05, 4.69) is 27.8 Å². The fourth-order valence-corrected chi connectivity index (χ4v) is 4.95. The topological polar surface area (TPSA) is 132 Å². The molecule has 4 N–H and O–H groups in total. The number of fused-ring (bicyclic) bond motifs is 3. The van der Waals surface area contributed by atoms with E-state index in [0.717, 1.165) is 23.4 Å². The monoisotopic (exact) mass is 446 g/mol. The number of aromatic nitrogens is 2. The van der Waals surface area contributed by atoms with Gasteiger partial charge in [0.1, 0.15) is 17.3 Å². The third-order valence-corrected chi connectivity index (χ3v) is 6.51. The number of benzene rings is 1. The Hall–Kier alpha value is -3.75. The maximum absolute atomic E-state index is 12.1. The predicted molar refractivity (Wildman–Crippen MR) is 124 cm³/mol. The number of likely N-dealkylation sites (N-methyl/N-ethyl adjacent to an activating group) is 1. The van der Waals surface area contributed by atoms with E-state index in [4.69, 9.17) is 20.4 Å². The van der Waals surface area contributed by atoms with E-state index < -0.39 is 0 Å². The molecule has 0 spiro atoms. The summed E-state index contributed by atoms with van der Waals surface area (Å²) < 4.78 is 5.55. The van der Waals surface area contributed by atoms with Crippen molar-refractivity contribution in [2.24, 2.45) is 28.5 Å². The molecule has 33 heavy (non-hydrogen) atoms. The first kappa shape index (κ1) is 21.1. The first-order valence-electron chi connectivity index (χ1n) is 11.1. The number of carbonyl (C=O) groups is 2. The summed E-state index contributed by atoms with van der Waals surface area (Å²) in [7, 11) is 1.57. The van der Waals surface area contributed by atoms with Gasteiger partial charge in [-0.2, -0.15) is 0 Å². The lowest BCUT2D eigenvalue weighted by Crippen LogP contribution is -2.41. The summed E-state index contributed by atoms with van der Waals surface area (Å²) in [5.41, 5.74) is 8.29. The Labute approximate surface area is 191 Å². The smallest absolute Gasteiger partial charge is 0.257 e. The Bertz CT molecular complexity index is 1160. The molecular formula is C24H26N6O3. The molecule has 1 saturated carbocycles. The van der Waals surface area contributed by atoms with Crippen LogP contribution in [0.25, 0.3) is 0 Å². The molecule has 2 bridgehead atoms. The van der Waals surface area contributed by atoms with Crippen molar-refractivity contribution in [3.05, 3.63) is 53.5 Å². The van der Waals surface area contributed by atoms with Crippen molar-refractivity contribution < 1.29 is 14.3 Å². The summed E-state index contributed by atoms with van der Waals surface area (Å²) in [6.45, 7) is -0.0419. The van der Waals surface area contributed by atoms with Crippen LogP contribution in [0.2, 0.25) is 0 Å². The Balaban J connectivity index is 1.38. The molecule has 3 aliphatic rings. The molecule has 170 valence electrons. The van der Waals surface area contributed by atoms with Crippen LogP contribution in [0.3, 0.4) is 0 Å². The van der Waals surface area contributed by atoms with Gasteiger partial charge in [0.05, 0.1) is 11.6 Å². The second kappa shape index (κ2) is 8.65. The lowest BCUT2D eigenvalue weighted by Gasteiger charge is -2.27. The van der Waals surface area contributed by atoms with Crippen LogP contribution in [0.4, 0.5) is 11.5 Å². The van der Waals surface area contributed by atoms with Crippen molar-refractivity contribution in [1.29, 1.82) is 0 Å². The van der Waals surface area contributed by atoms with Crippen LogP contribution in [-0.4, -0.2) is 47.7 Å². The number of primary amides is 1. The number of amides is 2. The molecule has 2 amide bonds. The standard InChI is InChI=1S/C24H26N6O3/c1-26-19(31)12-33-16-4-2-3-13(9-16)10-18-28-17-7-8-27-22(17)24(29-18)30-21-15-6-5-14(11-15)20(21)23(25)32/h2-6,8-9,14-15,20-21H,7,10-12H2,1H3,(H2,25,32)(H,26,31)(H,28,29,30)/t14-,15+,20-,21+/m0/s1. The number of hydrogen-bond acceptors (Lipinski definition) is 7. The highest BCUT2D eigenvalue weighted by molar-refractivity contribution is 5.82. The van der Waals surface area contributed by atoms with Crippen LogP contribution < -0.4 is 21.1 Å². The van der Waals surface area contributed by atoms with Gasteiger partial charge in [0.25, 0.3) is 5.91 Å². The van der Waals surface area contributed by atoms with Gasteiger partial charge in [-0.1, -0.05) is 24.3 Å². The molecular weight excluding hydrogens is 420 g/mol. The van der Waals surface area contributed by atoms with Crippen LogP contribution >= 0.6 is 0 Å². The molecule has 5 rings (SSSR count). The maximum atomic E-state index is 12.1. The van der Waals surface area contributed by atoms with Crippen LogP contribution in [-0.2, 0) is 22.4 Å². The zero-order chi connectivity index (χ0) is 22.9. The number of nitrogens with one attached hydrogen (secondary N) is 2. The minimum Gasteiger partial charge on any atom is -0.484 e. The van der Waals surface area contributed by atoms with Gasteiger partial charge in [0.15, 0.2) is 12.4 Å². The highest BCUT2D eigenvalue weighted by Gasteiger charge is 2.47. The van der Waals surface area contributed by atoms with Gasteiger partial charge < -0.3 is 21.1 Å². The SMILES string of the molecule is CNC(=O)COc1cccc(Cc2nc3c(c(N[C@H]4[C@@H](C(N)=O)[C@H]5C=C[C@@H]4C5)n2)N=CC3)c1. The predicted octanol–water partition coefficient (Wildman–Crippen LogP) is 1.54. The Morgan fingerprint density at radius 2 is 2.06 bits per heavy atom. The number of anilines is 1. The van der Waals surface area contributed by atoms with E-state index in [-0.39, 0.29) is 42.2 Å². The van der Waals surface area contributed by atoms with Crippen molar-refractivity contribution in [2.45, 2.75) is 25.3 Å². The first-order chi connectivity index (χ1) is 16.0. The number of allylic oxidation sites excluding steroid dienone is 1. The molecule has 2 aliphatic carbocycles. The van der Waals surface area contributed by atoms with Crippen LogP contribution in [0.15, 0.2) is 41.4 Å². The number of rotatable bonds is 8. The first-order valence-corrected chi connectivity index (χ1v) is 11.1. The van der Waals surface area contributed by atoms with Crippen LogP contribution in [0, 0.1) is 17.8 Å². The minimum atomic E-state index is -0.285. The molecule has 4 atom stereocenters. The quantitative estimate of drug-likeness (QED) is 0.527. The molecule has 1 aromatic carbocycles. The number of nitrogens with two attached hydrogens (primary N) is 1. The fraction of sp³-hybridized carbons (Fsp3) is 0.375. The highest BCUT2D eigenvalue weighted by atomic mass is 16.5. The summed E-state index contributed by atoms with van der Waals surface area (Å²) in [5.74, 6) is 1.61. The van der Waals surface area contributed by atoms with Gasteiger partial charge in [0, 0.05) is 32.1 Å². The van der Waals surface area contributed by atoms with Crippen molar-refractivity contribution in [2.75, 3.05) is 19.0 Å². The average Bonchev–Trinajstić information content (AvgIpc) is 3.54. The van der Waals surface area contributed by atoms with E-state index >= 15 is 0 Å². The van der Waals surface area contributed by atoms with Crippen molar-refractivity contribution in [1.82, 2.24) is 15.3 Å². The number of ether oxygens (including phenoxy) is 1. The Morgan fingerprint density at radius 1 is 1.21 bits per heavy atom. The van der Waals surface area contributed by atoms with E-state index in [1.807, 2.05) is 30.5 Å². The lowest BCUT2D eigenvalue weighted by atomic mass is 9.88. The largest absolute Gasteiger partial charge is 0.484 e. The fourth-order valence-electron chi connectivity index (χ4n) is 4.95. The zero-order valence-corrected chi connectivity index (χ0v) is 18.3. The maximum Gasteiger partial charge on any atom is 0.257 e. The molecule has 0 radical (unpaired) electrons. The van der Waals surface area contributed by atoms with Gasteiger partial charge in [-0.3, -0.25) is 14.6 Å². The second-order valence-corrected chi connectivity index (χ2v) is 8.63. The molecule has 1 aliphatic heterocycles. The highest BCUT2D eigenvalue weighted by Crippen LogP contribution is 2.45. The zero-order valence-electron chi connectivity index (χ0n) is 18.3. The van der Waals surface area contributed by atoms with E-state index in [1.165, 1.54) is 0 Å². The van der Waals surface area contributed by atoms with Crippen molar-refractivity contribution in [3.63, 3.8) is 0 Å². The van der Waals surface area contributed by atoms with Crippen LogP contribution in [0.5, 0.6) is 5.75 Å². The molecule has 2 aromatic rings. The molecule has 2 heterocycles. The number of hydrogen-bond donors (Lipinski definition) is 3. The van der Waals surface area contributed by atoms with Gasteiger partial charge in [-0.25, -0.2) is 9.97 Å². The van der Waals surface area contributed by atoms with Crippen molar-refractivity contribution >= 4 is 29.5 Å². The number of nitrogens with zero attached hydrogens (tertiary/aromatic N) is 3. The van der Waals surface area contributed by atoms with Crippen LogP contribution in [0.1, 0.15) is 23.5 Å². The molecule has 9 nitrogen and oxygen atoms in total. The Morgan fingerprint density at radius 3 is 2.88 bits per heavy atom. The molecule has 0 saturated heterocycles. The van der Waals surface area contributed by atoms with Crippen molar-refractivity contribution in [3.8, 4) is 5.75 Å². The van der Waals surface area contributed by atoms with Gasteiger partial charge in [-0.15, -0.1) is 0 Å². The minimum absolute atomic E-state index is 0.0419. The average molecular weight is 447 g/mol. The van der Waals surface area contributed by atoms with E-state index in [0.29, 0.717) is 30.2 Å². The van der Waals surface area contributed by atoms with Gasteiger partial charge >= 0.3 is 0 Å².